The van der Waals surface area contributed by atoms with Crippen LogP contribution in [0.3, 0.4) is 0 Å². The largest absolute Gasteiger partial charge is 0.377 e. The molecule has 1 N–H and O–H groups in total. The van der Waals surface area contributed by atoms with Gasteiger partial charge < -0.3 is 10.1 Å². The molecule has 70 valence electrons. The third-order valence-corrected chi connectivity index (χ3v) is 3.13. The van der Waals surface area contributed by atoms with Crippen LogP contribution in [-0.4, -0.2) is 24.8 Å². The molecule has 1 saturated carbocycles. The maximum atomic E-state index is 5.62. The van der Waals surface area contributed by atoms with Gasteiger partial charge in [0.2, 0.25) is 0 Å². The molecule has 0 aromatic rings. The molecule has 0 amide bonds. The molecular weight excluding hydrogens is 150 g/mol. The first-order chi connectivity index (χ1) is 5.86. The lowest BCUT2D eigenvalue weighted by molar-refractivity contribution is 0.0750. The van der Waals surface area contributed by atoms with Crippen LogP contribution in [-0.2, 0) is 4.74 Å². The third kappa shape index (κ3) is 1.80. The summed E-state index contributed by atoms with van der Waals surface area (Å²) in [4.78, 5) is 0. The highest BCUT2D eigenvalue weighted by atomic mass is 16.5. The fourth-order valence-corrected chi connectivity index (χ4v) is 2.05. The third-order valence-electron chi connectivity index (χ3n) is 3.13. The van der Waals surface area contributed by atoms with Crippen molar-refractivity contribution in [2.24, 2.45) is 0 Å². The molecule has 2 nitrogen and oxygen atoms in total. The van der Waals surface area contributed by atoms with Gasteiger partial charge in [0.15, 0.2) is 0 Å². The lowest BCUT2D eigenvalue weighted by Gasteiger charge is -2.32. The average Bonchev–Trinajstić information content (AvgIpc) is 2.47. The molecule has 2 rings (SSSR count). The second-order valence-corrected chi connectivity index (χ2v) is 4.13. The second kappa shape index (κ2) is 3.75. The zero-order valence-corrected chi connectivity index (χ0v) is 7.88. The van der Waals surface area contributed by atoms with E-state index in [1.807, 2.05) is 0 Å². The number of ether oxygens (including phenoxy) is 1. The molecule has 12 heavy (non-hydrogen) atoms. The molecule has 0 radical (unpaired) electrons. The highest BCUT2D eigenvalue weighted by molar-refractivity contribution is 4.84. The minimum absolute atomic E-state index is 0.491. The van der Waals surface area contributed by atoms with Crippen LogP contribution in [0.2, 0.25) is 0 Å². The molecule has 0 aromatic heterocycles. The van der Waals surface area contributed by atoms with E-state index in [2.05, 4.69) is 12.2 Å². The molecule has 2 atom stereocenters. The zero-order valence-electron chi connectivity index (χ0n) is 7.88. The smallest absolute Gasteiger partial charge is 0.0726 e. The average molecular weight is 169 g/mol. The Morgan fingerprint density at radius 3 is 2.58 bits per heavy atom. The number of nitrogens with one attached hydrogen (secondary N) is 1. The van der Waals surface area contributed by atoms with Crippen LogP contribution in [0.1, 0.15) is 39.0 Å². The Kier molecular flexibility index (Phi) is 2.66. The monoisotopic (exact) mass is 169 g/mol. The number of hydrogen-bond acceptors (Lipinski definition) is 2. The van der Waals surface area contributed by atoms with E-state index in [1.54, 1.807) is 0 Å². The summed E-state index contributed by atoms with van der Waals surface area (Å²) >= 11 is 0. The molecule has 1 saturated heterocycles. The summed E-state index contributed by atoms with van der Waals surface area (Å²) in [6, 6.07) is 1.36. The van der Waals surface area contributed by atoms with E-state index >= 15 is 0 Å². The fraction of sp³-hybridized carbons (Fsp3) is 1.00. The van der Waals surface area contributed by atoms with Crippen molar-refractivity contribution in [3.8, 4) is 0 Å². The van der Waals surface area contributed by atoms with Gasteiger partial charge in [0.25, 0.3) is 0 Å². The van der Waals surface area contributed by atoms with Crippen LogP contribution >= 0.6 is 0 Å². The molecule has 2 aliphatic rings. The van der Waals surface area contributed by atoms with E-state index in [1.165, 1.54) is 32.1 Å². The van der Waals surface area contributed by atoms with Gasteiger partial charge in [-0.05, 0) is 32.6 Å². The Hall–Kier alpha value is -0.0800. The van der Waals surface area contributed by atoms with Crippen molar-refractivity contribution < 1.29 is 4.74 Å². The van der Waals surface area contributed by atoms with Crippen molar-refractivity contribution >= 4 is 0 Å². The topological polar surface area (TPSA) is 21.3 Å². The Morgan fingerprint density at radius 1 is 1.25 bits per heavy atom. The van der Waals surface area contributed by atoms with E-state index in [0.29, 0.717) is 12.1 Å². The molecule has 0 bridgehead atoms. The minimum atomic E-state index is 0.491. The SMILES string of the molecule is CC(NC1CCC1)C1CCCO1. The lowest BCUT2D eigenvalue weighted by atomic mass is 9.92. The van der Waals surface area contributed by atoms with Crippen LogP contribution in [0.25, 0.3) is 0 Å². The predicted octanol–water partition coefficient (Wildman–Crippen LogP) is 1.70. The molecule has 2 heteroatoms. The Labute approximate surface area is 74.7 Å². The summed E-state index contributed by atoms with van der Waals surface area (Å²) in [5.41, 5.74) is 0. The van der Waals surface area contributed by atoms with Crippen LogP contribution in [0.5, 0.6) is 0 Å². The maximum absolute atomic E-state index is 5.62. The Morgan fingerprint density at radius 2 is 2.08 bits per heavy atom. The van der Waals surface area contributed by atoms with Crippen molar-refractivity contribution in [2.45, 2.75) is 57.2 Å². The van der Waals surface area contributed by atoms with E-state index in [0.717, 1.165) is 12.6 Å². The summed E-state index contributed by atoms with van der Waals surface area (Å²) in [5, 5.41) is 3.63. The Balaban J connectivity index is 1.71. The van der Waals surface area contributed by atoms with Crippen molar-refractivity contribution in [1.29, 1.82) is 0 Å². The predicted molar refractivity (Wildman–Crippen MR) is 49.2 cm³/mol. The molecular formula is C10H19NO. The summed E-state index contributed by atoms with van der Waals surface area (Å²) in [7, 11) is 0. The normalized spacial score (nSPS) is 33.2. The van der Waals surface area contributed by atoms with Crippen LogP contribution in [0.4, 0.5) is 0 Å². The van der Waals surface area contributed by atoms with Crippen molar-refractivity contribution in [2.75, 3.05) is 6.61 Å². The van der Waals surface area contributed by atoms with Crippen molar-refractivity contribution in [3.63, 3.8) is 0 Å². The van der Waals surface area contributed by atoms with E-state index in [4.69, 9.17) is 4.74 Å². The van der Waals surface area contributed by atoms with Gasteiger partial charge in [-0.15, -0.1) is 0 Å². The fourth-order valence-electron chi connectivity index (χ4n) is 2.05. The molecule has 2 fully saturated rings. The summed E-state index contributed by atoms with van der Waals surface area (Å²) in [5.74, 6) is 0. The second-order valence-electron chi connectivity index (χ2n) is 4.13. The first kappa shape index (κ1) is 8.52. The van der Waals surface area contributed by atoms with Gasteiger partial charge in [0.1, 0.15) is 0 Å². The molecule has 1 aliphatic carbocycles. The maximum Gasteiger partial charge on any atom is 0.0726 e. The molecule has 0 aromatic carbocycles. The van der Waals surface area contributed by atoms with Gasteiger partial charge >= 0.3 is 0 Å². The highest BCUT2D eigenvalue weighted by Gasteiger charge is 2.26. The Bertz CT molecular complexity index is 139. The van der Waals surface area contributed by atoms with Crippen LogP contribution < -0.4 is 5.32 Å². The van der Waals surface area contributed by atoms with E-state index in [-0.39, 0.29) is 0 Å². The molecule has 0 spiro atoms. The number of rotatable bonds is 3. The standard InChI is InChI=1S/C10H19NO/c1-8(10-6-3-7-12-10)11-9-4-2-5-9/h8-11H,2-7H2,1H3. The summed E-state index contributed by atoms with van der Waals surface area (Å²) in [6.07, 6.45) is 7.15. The van der Waals surface area contributed by atoms with Gasteiger partial charge in [-0.25, -0.2) is 0 Å². The van der Waals surface area contributed by atoms with Crippen LogP contribution in [0, 0.1) is 0 Å². The van der Waals surface area contributed by atoms with Gasteiger partial charge in [0.05, 0.1) is 6.10 Å². The van der Waals surface area contributed by atoms with E-state index < -0.39 is 0 Å². The first-order valence-corrected chi connectivity index (χ1v) is 5.24. The minimum Gasteiger partial charge on any atom is -0.377 e. The molecule has 1 aliphatic heterocycles. The van der Waals surface area contributed by atoms with E-state index in [9.17, 15) is 0 Å². The highest BCUT2D eigenvalue weighted by Crippen LogP contribution is 2.21. The van der Waals surface area contributed by atoms with Gasteiger partial charge in [-0.3, -0.25) is 0 Å². The molecule has 1 heterocycles. The molecule has 2 unspecified atom stereocenters. The lowest BCUT2D eigenvalue weighted by Crippen LogP contribution is -2.46. The number of hydrogen-bond donors (Lipinski definition) is 1. The summed E-state index contributed by atoms with van der Waals surface area (Å²) in [6.45, 7) is 3.23. The van der Waals surface area contributed by atoms with Gasteiger partial charge in [-0.1, -0.05) is 6.42 Å². The zero-order chi connectivity index (χ0) is 8.39. The van der Waals surface area contributed by atoms with Gasteiger partial charge in [0, 0.05) is 18.7 Å². The first-order valence-electron chi connectivity index (χ1n) is 5.24. The summed E-state index contributed by atoms with van der Waals surface area (Å²) < 4.78 is 5.62. The quantitative estimate of drug-likeness (QED) is 0.694. The van der Waals surface area contributed by atoms with Crippen molar-refractivity contribution in [1.82, 2.24) is 5.32 Å². The van der Waals surface area contributed by atoms with Crippen molar-refractivity contribution in [3.05, 3.63) is 0 Å². The van der Waals surface area contributed by atoms with Gasteiger partial charge in [-0.2, -0.15) is 0 Å². The van der Waals surface area contributed by atoms with Crippen LogP contribution in [0.15, 0.2) is 0 Å².